The average Bonchev–Trinajstić information content (AvgIpc) is 2.46. The molecule has 1 aliphatic heterocycles. The fraction of sp³-hybridized carbons (Fsp3) is 0.250. The Balaban J connectivity index is 1.94. The molecule has 2 atom stereocenters. The Hall–Kier alpha value is -1.52. The van der Waals surface area contributed by atoms with Crippen LogP contribution < -0.4 is 9.47 Å². The number of halogens is 1. The van der Waals surface area contributed by atoms with Crippen LogP contribution in [0.2, 0.25) is 0 Å². The van der Waals surface area contributed by atoms with Gasteiger partial charge < -0.3 is 14.6 Å². The summed E-state index contributed by atoms with van der Waals surface area (Å²) in [5, 5.41) is 10.3. The number of ether oxygens (including phenoxy) is 2. The molecule has 20 heavy (non-hydrogen) atoms. The summed E-state index contributed by atoms with van der Waals surface area (Å²) in [5.74, 6) is 1.52. The average molecular weight is 335 g/mol. The summed E-state index contributed by atoms with van der Waals surface area (Å²) in [4.78, 5) is 0. The van der Waals surface area contributed by atoms with Crippen LogP contribution in [-0.2, 0) is 0 Å². The van der Waals surface area contributed by atoms with Crippen molar-refractivity contribution in [2.24, 2.45) is 0 Å². The molecule has 1 aliphatic rings. The minimum Gasteiger partial charge on any atom is -0.497 e. The Bertz CT molecular complexity index is 627. The molecule has 0 saturated heterocycles. The summed E-state index contributed by atoms with van der Waals surface area (Å²) in [5.41, 5.74) is 1.85. The maximum Gasteiger partial charge on any atom is 0.127 e. The van der Waals surface area contributed by atoms with Gasteiger partial charge in [-0.25, -0.2) is 0 Å². The van der Waals surface area contributed by atoms with E-state index < -0.39 is 6.10 Å². The Morgan fingerprint density at radius 2 is 2.10 bits per heavy atom. The third-order valence-corrected chi connectivity index (χ3v) is 4.00. The number of hydrogen-bond acceptors (Lipinski definition) is 3. The molecule has 4 heteroatoms. The van der Waals surface area contributed by atoms with Crippen molar-refractivity contribution in [3.63, 3.8) is 0 Å². The Labute approximate surface area is 126 Å². The zero-order valence-electron chi connectivity index (χ0n) is 11.0. The van der Waals surface area contributed by atoms with Gasteiger partial charge in [-0.2, -0.15) is 0 Å². The highest BCUT2D eigenvalue weighted by molar-refractivity contribution is 9.10. The molecule has 0 aromatic heterocycles. The lowest BCUT2D eigenvalue weighted by Gasteiger charge is -2.30. The number of rotatable bonds is 2. The molecule has 3 nitrogen and oxygen atoms in total. The highest BCUT2D eigenvalue weighted by Gasteiger charge is 2.28. The van der Waals surface area contributed by atoms with E-state index in [2.05, 4.69) is 15.9 Å². The molecule has 2 aromatic carbocycles. The lowest BCUT2D eigenvalue weighted by Crippen LogP contribution is -2.19. The van der Waals surface area contributed by atoms with Crippen LogP contribution in [0.1, 0.15) is 29.8 Å². The van der Waals surface area contributed by atoms with E-state index in [9.17, 15) is 5.11 Å². The molecular formula is C16H15BrO3. The minimum atomic E-state index is -0.511. The molecular weight excluding hydrogens is 320 g/mol. The maximum atomic E-state index is 10.3. The van der Waals surface area contributed by atoms with Crippen LogP contribution in [0, 0.1) is 0 Å². The first-order valence-electron chi connectivity index (χ1n) is 6.45. The second-order valence-corrected chi connectivity index (χ2v) is 5.73. The largest absolute Gasteiger partial charge is 0.497 e. The summed E-state index contributed by atoms with van der Waals surface area (Å²) < 4.78 is 12.2. The Morgan fingerprint density at radius 3 is 2.90 bits per heavy atom. The van der Waals surface area contributed by atoms with Gasteiger partial charge in [0, 0.05) is 16.5 Å². The monoisotopic (exact) mass is 334 g/mol. The van der Waals surface area contributed by atoms with Crippen molar-refractivity contribution in [1.82, 2.24) is 0 Å². The third kappa shape index (κ3) is 2.53. The summed E-state index contributed by atoms with van der Waals surface area (Å²) in [6.07, 6.45) is -0.133. The lowest BCUT2D eigenvalue weighted by atomic mass is 9.95. The molecule has 1 unspecified atom stereocenters. The van der Waals surface area contributed by atoms with Crippen LogP contribution in [0.3, 0.4) is 0 Å². The van der Waals surface area contributed by atoms with Crippen LogP contribution in [0.25, 0.3) is 0 Å². The summed E-state index contributed by atoms with van der Waals surface area (Å²) in [6, 6.07) is 13.5. The van der Waals surface area contributed by atoms with Gasteiger partial charge >= 0.3 is 0 Å². The zero-order valence-corrected chi connectivity index (χ0v) is 12.6. The number of benzene rings is 2. The lowest BCUT2D eigenvalue weighted by molar-refractivity contribution is 0.0656. The van der Waals surface area contributed by atoms with E-state index in [1.54, 1.807) is 7.11 Å². The van der Waals surface area contributed by atoms with Crippen molar-refractivity contribution in [3.8, 4) is 11.5 Å². The molecule has 104 valence electrons. The number of aliphatic hydroxyl groups excluding tert-OH is 1. The molecule has 0 aliphatic carbocycles. The van der Waals surface area contributed by atoms with Gasteiger partial charge in [0.1, 0.15) is 17.6 Å². The fourth-order valence-corrected chi connectivity index (χ4v) is 2.80. The summed E-state index contributed by atoms with van der Waals surface area (Å²) in [7, 11) is 1.64. The molecule has 0 bridgehead atoms. The second kappa shape index (κ2) is 5.46. The predicted molar refractivity (Wildman–Crippen MR) is 80.1 cm³/mol. The third-order valence-electron chi connectivity index (χ3n) is 3.51. The van der Waals surface area contributed by atoms with Gasteiger partial charge in [0.2, 0.25) is 0 Å². The highest BCUT2D eigenvalue weighted by atomic mass is 79.9. The van der Waals surface area contributed by atoms with Crippen LogP contribution in [0.15, 0.2) is 46.9 Å². The molecule has 0 amide bonds. The maximum absolute atomic E-state index is 10.3. The van der Waals surface area contributed by atoms with E-state index in [-0.39, 0.29) is 6.10 Å². The molecule has 1 N–H and O–H groups in total. The quantitative estimate of drug-likeness (QED) is 0.901. The van der Waals surface area contributed by atoms with Gasteiger partial charge in [-0.3, -0.25) is 0 Å². The van der Waals surface area contributed by atoms with E-state index in [0.717, 1.165) is 27.1 Å². The van der Waals surface area contributed by atoms with Crippen molar-refractivity contribution < 1.29 is 14.6 Å². The van der Waals surface area contributed by atoms with Crippen molar-refractivity contribution in [2.75, 3.05) is 7.11 Å². The van der Waals surface area contributed by atoms with Crippen LogP contribution >= 0.6 is 15.9 Å². The molecule has 3 rings (SSSR count). The molecule has 2 aromatic rings. The first kappa shape index (κ1) is 13.5. The van der Waals surface area contributed by atoms with Gasteiger partial charge in [-0.05, 0) is 29.8 Å². The Morgan fingerprint density at radius 1 is 1.25 bits per heavy atom. The normalized spacial score (nSPS) is 20.9. The second-order valence-electron chi connectivity index (χ2n) is 4.82. The molecule has 0 fully saturated rings. The first-order valence-corrected chi connectivity index (χ1v) is 7.25. The van der Waals surface area contributed by atoms with E-state index in [4.69, 9.17) is 9.47 Å². The van der Waals surface area contributed by atoms with E-state index in [1.165, 1.54) is 0 Å². The van der Waals surface area contributed by atoms with Crippen molar-refractivity contribution in [1.29, 1.82) is 0 Å². The van der Waals surface area contributed by atoms with Gasteiger partial charge in [-0.15, -0.1) is 0 Å². The predicted octanol–water partition coefficient (Wildman–Crippen LogP) is 4.01. The van der Waals surface area contributed by atoms with Gasteiger partial charge in [0.25, 0.3) is 0 Å². The summed E-state index contributed by atoms with van der Waals surface area (Å²) >= 11 is 3.43. The van der Waals surface area contributed by atoms with Crippen LogP contribution in [-0.4, -0.2) is 12.2 Å². The minimum absolute atomic E-state index is 0.165. The van der Waals surface area contributed by atoms with E-state index in [0.29, 0.717) is 6.42 Å². The van der Waals surface area contributed by atoms with Gasteiger partial charge in [-0.1, -0.05) is 34.1 Å². The van der Waals surface area contributed by atoms with Gasteiger partial charge in [0.15, 0.2) is 0 Å². The SMILES string of the molecule is COc1cccc(C2C[C@H](O)c3ccc(Br)cc3O2)c1. The summed E-state index contributed by atoms with van der Waals surface area (Å²) in [6.45, 7) is 0. The first-order chi connectivity index (χ1) is 9.67. The molecule has 0 saturated carbocycles. The molecule has 0 radical (unpaired) electrons. The number of aliphatic hydroxyl groups is 1. The topological polar surface area (TPSA) is 38.7 Å². The van der Waals surface area contributed by atoms with Gasteiger partial charge in [0.05, 0.1) is 13.2 Å². The number of hydrogen-bond donors (Lipinski definition) is 1. The molecule has 0 spiro atoms. The van der Waals surface area contributed by atoms with E-state index >= 15 is 0 Å². The molecule has 1 heterocycles. The van der Waals surface area contributed by atoms with E-state index in [1.807, 2.05) is 42.5 Å². The van der Waals surface area contributed by atoms with Crippen molar-refractivity contribution in [3.05, 3.63) is 58.1 Å². The Kier molecular flexibility index (Phi) is 3.68. The number of fused-ring (bicyclic) bond motifs is 1. The van der Waals surface area contributed by atoms with Crippen molar-refractivity contribution >= 4 is 15.9 Å². The zero-order chi connectivity index (χ0) is 14.1. The van der Waals surface area contributed by atoms with Crippen LogP contribution in [0.5, 0.6) is 11.5 Å². The van der Waals surface area contributed by atoms with Crippen molar-refractivity contribution in [2.45, 2.75) is 18.6 Å². The van der Waals surface area contributed by atoms with Crippen LogP contribution in [0.4, 0.5) is 0 Å². The fourth-order valence-electron chi connectivity index (χ4n) is 2.46. The smallest absolute Gasteiger partial charge is 0.127 e. The standard InChI is InChI=1S/C16H15BrO3/c1-19-12-4-2-3-10(7-12)15-9-14(18)13-6-5-11(17)8-16(13)20-15/h2-8,14-15,18H,9H2,1H3/t14-,15?/m0/s1. The number of methoxy groups -OCH3 is 1. The highest BCUT2D eigenvalue weighted by Crippen LogP contribution is 2.42.